The van der Waals surface area contributed by atoms with Crippen molar-refractivity contribution in [3.05, 3.63) is 127 Å². The first-order valence-corrected chi connectivity index (χ1v) is 14.1. The molecule has 0 aliphatic carbocycles. The summed E-state index contributed by atoms with van der Waals surface area (Å²) in [5.74, 6) is 1.54. The van der Waals surface area contributed by atoms with Crippen LogP contribution in [-0.4, -0.2) is 11.4 Å². The van der Waals surface area contributed by atoms with Crippen LogP contribution in [0.25, 0.3) is 71.7 Å². The molecule has 0 saturated heterocycles. The van der Waals surface area contributed by atoms with Gasteiger partial charge < -0.3 is 18.5 Å². The minimum absolute atomic E-state index is 0.126. The van der Waals surface area contributed by atoms with Gasteiger partial charge in [-0.2, -0.15) is 5.26 Å². The first kappa shape index (κ1) is 23.7. The fourth-order valence-corrected chi connectivity index (χ4v) is 6.42. The van der Waals surface area contributed by atoms with Gasteiger partial charge in [-0.05, 0) is 83.9 Å². The number of para-hydroxylation sites is 2. The zero-order valence-corrected chi connectivity index (χ0v) is 22.9. The number of nitriles is 1. The van der Waals surface area contributed by atoms with E-state index >= 15 is 0 Å². The Balaban J connectivity index is 1.19. The van der Waals surface area contributed by atoms with Crippen molar-refractivity contribution >= 4 is 43.7 Å². The van der Waals surface area contributed by atoms with Crippen molar-refractivity contribution in [1.29, 1.82) is 5.26 Å². The molecule has 3 heterocycles. The van der Waals surface area contributed by atoms with E-state index in [1.54, 1.807) is 0 Å². The molecule has 0 atom stereocenters. The number of benzene rings is 6. The molecule has 8 aromatic rings. The minimum atomic E-state index is 0.126. The van der Waals surface area contributed by atoms with Crippen LogP contribution in [0, 0.1) is 11.3 Å². The zero-order chi connectivity index (χ0) is 28.5. The summed E-state index contributed by atoms with van der Waals surface area (Å²) < 4.78 is 20.5. The molecule has 5 nitrogen and oxygen atoms in total. The highest BCUT2D eigenvalue weighted by Gasteiger charge is 2.20. The third-order valence-electron chi connectivity index (χ3n) is 8.43. The SMILES string of the molecule is N#Cc1ccc2c(c1)c1ccccc1n2-c1ccc2c(c1)-c1ccc(-c3ccc4oc5ccccc5c4c3)cc1OCO2. The Morgan fingerprint density at radius 3 is 2.26 bits per heavy atom. The van der Waals surface area contributed by atoms with Gasteiger partial charge in [0.1, 0.15) is 22.7 Å². The lowest BCUT2D eigenvalue weighted by Crippen LogP contribution is -2.03. The summed E-state index contributed by atoms with van der Waals surface area (Å²) in [7, 11) is 0. The Bertz CT molecular complexity index is 2460. The normalized spacial score (nSPS) is 12.4. The van der Waals surface area contributed by atoms with Crippen molar-refractivity contribution in [2.45, 2.75) is 0 Å². The Morgan fingerprint density at radius 1 is 0.558 bits per heavy atom. The minimum Gasteiger partial charge on any atom is -0.457 e. The quantitative estimate of drug-likeness (QED) is 0.213. The van der Waals surface area contributed by atoms with E-state index in [4.69, 9.17) is 13.9 Å². The van der Waals surface area contributed by atoms with Crippen molar-refractivity contribution in [3.8, 4) is 45.5 Å². The van der Waals surface area contributed by atoms with E-state index in [1.165, 1.54) is 0 Å². The van der Waals surface area contributed by atoms with E-state index in [9.17, 15) is 5.26 Å². The van der Waals surface area contributed by atoms with Crippen LogP contribution in [0.1, 0.15) is 5.56 Å². The Labute approximate surface area is 246 Å². The molecule has 5 heteroatoms. The Hall–Kier alpha value is -5.99. The van der Waals surface area contributed by atoms with Crippen LogP contribution in [0.15, 0.2) is 126 Å². The van der Waals surface area contributed by atoms with Gasteiger partial charge in [-0.15, -0.1) is 0 Å². The molecular formula is C38H22N2O3. The van der Waals surface area contributed by atoms with E-state index in [0.29, 0.717) is 5.56 Å². The van der Waals surface area contributed by atoms with Crippen molar-refractivity contribution in [3.63, 3.8) is 0 Å². The van der Waals surface area contributed by atoms with Crippen LogP contribution < -0.4 is 9.47 Å². The Morgan fingerprint density at radius 2 is 1.33 bits per heavy atom. The summed E-state index contributed by atoms with van der Waals surface area (Å²) in [6.07, 6.45) is 0. The number of hydrogen-bond donors (Lipinski definition) is 0. The summed E-state index contributed by atoms with van der Waals surface area (Å²) in [5.41, 5.74) is 9.62. The molecule has 202 valence electrons. The van der Waals surface area contributed by atoms with Gasteiger partial charge in [-0.3, -0.25) is 0 Å². The van der Waals surface area contributed by atoms with E-state index < -0.39 is 0 Å². The summed E-state index contributed by atoms with van der Waals surface area (Å²) in [6, 6.07) is 43.5. The van der Waals surface area contributed by atoms with Crippen LogP contribution in [0.4, 0.5) is 0 Å². The largest absolute Gasteiger partial charge is 0.457 e. The van der Waals surface area contributed by atoms with E-state index in [-0.39, 0.29) is 6.79 Å². The predicted octanol–water partition coefficient (Wildman–Crippen LogP) is 9.62. The molecule has 43 heavy (non-hydrogen) atoms. The number of furan rings is 1. The fraction of sp³-hybridized carbons (Fsp3) is 0.0263. The fourth-order valence-electron chi connectivity index (χ4n) is 6.42. The average Bonchev–Trinajstić information content (AvgIpc) is 3.53. The lowest BCUT2D eigenvalue weighted by atomic mass is 9.97. The molecule has 9 rings (SSSR count). The number of aromatic nitrogens is 1. The number of ether oxygens (including phenoxy) is 2. The maximum atomic E-state index is 9.53. The van der Waals surface area contributed by atoms with E-state index in [2.05, 4.69) is 71.3 Å². The summed E-state index contributed by atoms with van der Waals surface area (Å²) in [5, 5.41) is 13.9. The molecule has 0 radical (unpaired) electrons. The third kappa shape index (κ3) is 3.57. The maximum Gasteiger partial charge on any atom is 0.230 e. The van der Waals surface area contributed by atoms with Gasteiger partial charge in [0, 0.05) is 38.4 Å². The van der Waals surface area contributed by atoms with Crippen LogP contribution in [0.3, 0.4) is 0 Å². The number of fused-ring (bicyclic) bond motifs is 9. The zero-order valence-electron chi connectivity index (χ0n) is 22.9. The lowest BCUT2D eigenvalue weighted by Gasteiger charge is -2.13. The smallest absolute Gasteiger partial charge is 0.230 e. The topological polar surface area (TPSA) is 60.3 Å². The molecular weight excluding hydrogens is 532 g/mol. The number of hydrogen-bond acceptors (Lipinski definition) is 4. The highest BCUT2D eigenvalue weighted by atomic mass is 16.7. The van der Waals surface area contributed by atoms with Gasteiger partial charge >= 0.3 is 0 Å². The summed E-state index contributed by atoms with van der Waals surface area (Å²) in [6.45, 7) is 0.126. The second-order valence-electron chi connectivity index (χ2n) is 10.8. The molecule has 1 aliphatic rings. The second kappa shape index (κ2) is 9.01. The predicted molar refractivity (Wildman–Crippen MR) is 170 cm³/mol. The molecule has 0 unspecified atom stereocenters. The van der Waals surface area contributed by atoms with Crippen LogP contribution in [0.5, 0.6) is 11.5 Å². The average molecular weight is 555 g/mol. The number of rotatable bonds is 2. The van der Waals surface area contributed by atoms with E-state index in [0.717, 1.165) is 83.2 Å². The van der Waals surface area contributed by atoms with Gasteiger partial charge in [-0.25, -0.2) is 0 Å². The standard InChI is InChI=1S/C38H22N2O3/c39-21-23-9-14-34-30(17-23)27-5-1-3-7-33(27)40(34)26-12-16-35-32(20-26)29-13-10-25(19-38(29)42-22-41-35)24-11-15-37-31(18-24)28-6-2-4-8-36(28)43-37/h1-20H,22H2. The van der Waals surface area contributed by atoms with Gasteiger partial charge in [0.05, 0.1) is 22.7 Å². The first-order valence-electron chi connectivity index (χ1n) is 14.1. The van der Waals surface area contributed by atoms with Crippen molar-refractivity contribution in [1.82, 2.24) is 4.57 Å². The first-order chi connectivity index (χ1) is 21.2. The molecule has 0 saturated carbocycles. The second-order valence-corrected chi connectivity index (χ2v) is 10.8. The van der Waals surface area contributed by atoms with Crippen LogP contribution >= 0.6 is 0 Å². The molecule has 1 aliphatic heterocycles. The molecule has 0 N–H and O–H groups in total. The maximum absolute atomic E-state index is 9.53. The molecule has 0 spiro atoms. The van der Waals surface area contributed by atoms with Crippen molar-refractivity contribution in [2.24, 2.45) is 0 Å². The molecule has 6 aromatic carbocycles. The van der Waals surface area contributed by atoms with Crippen LogP contribution in [0.2, 0.25) is 0 Å². The van der Waals surface area contributed by atoms with Crippen molar-refractivity contribution in [2.75, 3.05) is 6.79 Å². The molecule has 0 fully saturated rings. The highest BCUT2D eigenvalue weighted by molar-refractivity contribution is 6.10. The van der Waals surface area contributed by atoms with Gasteiger partial charge in [0.25, 0.3) is 0 Å². The third-order valence-corrected chi connectivity index (χ3v) is 8.43. The van der Waals surface area contributed by atoms with Crippen molar-refractivity contribution < 1.29 is 13.9 Å². The summed E-state index contributed by atoms with van der Waals surface area (Å²) >= 11 is 0. The highest BCUT2D eigenvalue weighted by Crippen LogP contribution is 2.43. The lowest BCUT2D eigenvalue weighted by molar-refractivity contribution is 0.125. The monoisotopic (exact) mass is 554 g/mol. The number of nitrogens with zero attached hydrogens (tertiary/aromatic N) is 2. The Kier molecular flexibility index (Phi) is 4.96. The van der Waals surface area contributed by atoms with Gasteiger partial charge in [0.15, 0.2) is 0 Å². The van der Waals surface area contributed by atoms with E-state index in [1.807, 2.05) is 60.7 Å². The summed E-state index contributed by atoms with van der Waals surface area (Å²) in [4.78, 5) is 0. The van der Waals surface area contributed by atoms with Gasteiger partial charge in [-0.1, -0.05) is 48.5 Å². The molecule has 0 bridgehead atoms. The van der Waals surface area contributed by atoms with Gasteiger partial charge in [0.2, 0.25) is 6.79 Å². The molecule has 0 amide bonds. The molecule has 2 aromatic heterocycles. The van der Waals surface area contributed by atoms with Crippen LogP contribution in [-0.2, 0) is 0 Å².